The zero-order valence-corrected chi connectivity index (χ0v) is 12.6. The van der Waals surface area contributed by atoms with Crippen LogP contribution in [0.1, 0.15) is 38.2 Å². The number of furan rings is 1. The van der Waals surface area contributed by atoms with Crippen LogP contribution in [0.2, 0.25) is 0 Å². The zero-order chi connectivity index (χ0) is 16.7. The molecule has 2 aromatic heterocycles. The van der Waals surface area contributed by atoms with Crippen LogP contribution in [0.5, 0.6) is 0 Å². The highest BCUT2D eigenvalue weighted by Crippen LogP contribution is 2.26. The third-order valence-electron chi connectivity index (χ3n) is 3.08. The lowest BCUT2D eigenvalue weighted by Gasteiger charge is -1.98. The molecular formula is C14H17N5O4. The van der Waals surface area contributed by atoms with Gasteiger partial charge in [-0.3, -0.25) is 20.0 Å². The standard InChI is InChI=1S/C14H17N5O4/c1-2-3-4-5-12(20)17-15-8-10-9-16-18-14(10)11-6-7-13(23-11)19(21)22/h6-9H,2-5H2,1H3,(H,16,18)(H,17,20)/b15-8+. The average molecular weight is 319 g/mol. The number of amides is 1. The second-order valence-electron chi connectivity index (χ2n) is 4.83. The van der Waals surface area contributed by atoms with E-state index in [4.69, 9.17) is 4.42 Å². The van der Waals surface area contributed by atoms with Crippen molar-refractivity contribution in [1.82, 2.24) is 15.6 Å². The number of carbonyl (C=O) groups excluding carboxylic acids is 1. The number of aromatic nitrogens is 2. The van der Waals surface area contributed by atoms with Crippen molar-refractivity contribution in [2.24, 2.45) is 5.10 Å². The number of hydrogen-bond acceptors (Lipinski definition) is 6. The average Bonchev–Trinajstić information content (AvgIpc) is 3.15. The van der Waals surface area contributed by atoms with Crippen LogP contribution >= 0.6 is 0 Å². The molecule has 1 amide bonds. The molecule has 0 aliphatic carbocycles. The lowest BCUT2D eigenvalue weighted by molar-refractivity contribution is -0.401. The molecule has 0 saturated carbocycles. The summed E-state index contributed by atoms with van der Waals surface area (Å²) in [4.78, 5) is 21.5. The van der Waals surface area contributed by atoms with E-state index in [1.165, 1.54) is 18.3 Å². The maximum Gasteiger partial charge on any atom is 0.433 e. The molecule has 23 heavy (non-hydrogen) atoms. The Hall–Kier alpha value is -2.97. The Bertz CT molecular complexity index is 704. The van der Waals surface area contributed by atoms with E-state index < -0.39 is 4.92 Å². The first-order chi connectivity index (χ1) is 11.1. The molecule has 9 heteroatoms. The Labute approximate surface area is 131 Å². The summed E-state index contributed by atoms with van der Waals surface area (Å²) >= 11 is 0. The van der Waals surface area contributed by atoms with Crippen molar-refractivity contribution in [2.75, 3.05) is 0 Å². The third-order valence-corrected chi connectivity index (χ3v) is 3.08. The van der Waals surface area contributed by atoms with Crippen molar-refractivity contribution in [1.29, 1.82) is 0 Å². The molecule has 0 aliphatic rings. The van der Waals surface area contributed by atoms with Crippen LogP contribution in [0.25, 0.3) is 11.5 Å². The van der Waals surface area contributed by atoms with E-state index in [-0.39, 0.29) is 17.6 Å². The van der Waals surface area contributed by atoms with Crippen molar-refractivity contribution >= 4 is 18.0 Å². The number of rotatable bonds is 8. The summed E-state index contributed by atoms with van der Waals surface area (Å²) in [6.07, 6.45) is 6.25. The molecule has 2 aromatic rings. The topological polar surface area (TPSA) is 126 Å². The van der Waals surface area contributed by atoms with Crippen molar-refractivity contribution in [2.45, 2.75) is 32.6 Å². The number of nitro groups is 1. The molecule has 0 bridgehead atoms. The highest BCUT2D eigenvalue weighted by molar-refractivity contribution is 5.88. The molecule has 0 aliphatic heterocycles. The van der Waals surface area contributed by atoms with Crippen molar-refractivity contribution in [3.05, 3.63) is 34.0 Å². The van der Waals surface area contributed by atoms with E-state index in [9.17, 15) is 14.9 Å². The number of carbonyl (C=O) groups is 1. The number of H-pyrrole nitrogens is 1. The minimum atomic E-state index is -0.625. The first-order valence-electron chi connectivity index (χ1n) is 7.22. The van der Waals surface area contributed by atoms with Gasteiger partial charge in [0.15, 0.2) is 5.76 Å². The normalized spacial score (nSPS) is 11.0. The number of nitrogens with zero attached hydrogens (tertiary/aromatic N) is 3. The lowest BCUT2D eigenvalue weighted by Crippen LogP contribution is -2.16. The van der Waals surface area contributed by atoms with Crippen LogP contribution in [-0.4, -0.2) is 27.2 Å². The van der Waals surface area contributed by atoms with E-state index in [2.05, 4.69) is 27.6 Å². The summed E-state index contributed by atoms with van der Waals surface area (Å²) in [7, 11) is 0. The predicted octanol–water partition coefficient (Wildman–Crippen LogP) is 2.61. The Kier molecular flexibility index (Phi) is 5.61. The summed E-state index contributed by atoms with van der Waals surface area (Å²) in [6.45, 7) is 2.06. The number of nitrogens with one attached hydrogen (secondary N) is 2. The molecule has 2 N–H and O–H groups in total. The van der Waals surface area contributed by atoms with Crippen molar-refractivity contribution in [3.63, 3.8) is 0 Å². The molecule has 2 heterocycles. The summed E-state index contributed by atoms with van der Waals surface area (Å²) in [5, 5.41) is 21.1. The number of aromatic amines is 1. The van der Waals surface area contributed by atoms with Crippen molar-refractivity contribution < 1.29 is 14.1 Å². The van der Waals surface area contributed by atoms with Gasteiger partial charge in [0.1, 0.15) is 10.6 Å². The monoisotopic (exact) mass is 319 g/mol. The molecule has 0 saturated heterocycles. The van der Waals surface area contributed by atoms with Gasteiger partial charge in [0.25, 0.3) is 0 Å². The summed E-state index contributed by atoms with van der Waals surface area (Å²) in [5.41, 5.74) is 3.35. The zero-order valence-electron chi connectivity index (χ0n) is 12.6. The van der Waals surface area contributed by atoms with Gasteiger partial charge in [0, 0.05) is 18.2 Å². The lowest BCUT2D eigenvalue weighted by atomic mass is 10.2. The van der Waals surface area contributed by atoms with E-state index >= 15 is 0 Å². The van der Waals surface area contributed by atoms with E-state index in [1.807, 2.05) is 0 Å². The Morgan fingerprint density at radius 1 is 1.52 bits per heavy atom. The highest BCUT2D eigenvalue weighted by Gasteiger charge is 2.16. The fraction of sp³-hybridized carbons (Fsp3) is 0.357. The molecule has 0 unspecified atom stereocenters. The van der Waals surface area contributed by atoms with Gasteiger partial charge in [0.05, 0.1) is 12.3 Å². The Balaban J connectivity index is 1.99. The van der Waals surface area contributed by atoms with Crippen molar-refractivity contribution in [3.8, 4) is 11.5 Å². The van der Waals surface area contributed by atoms with E-state index in [0.717, 1.165) is 19.3 Å². The van der Waals surface area contributed by atoms with Crippen LogP contribution < -0.4 is 5.43 Å². The van der Waals surface area contributed by atoms with Crippen LogP contribution in [-0.2, 0) is 4.79 Å². The second kappa shape index (κ2) is 7.87. The molecular weight excluding hydrogens is 302 g/mol. The van der Waals surface area contributed by atoms with Gasteiger partial charge in [-0.05, 0) is 12.5 Å². The molecule has 0 fully saturated rings. The summed E-state index contributed by atoms with van der Waals surface area (Å²) in [5.74, 6) is -0.280. The molecule has 0 spiro atoms. The minimum absolute atomic E-state index is 0.159. The predicted molar refractivity (Wildman–Crippen MR) is 82.8 cm³/mol. The van der Waals surface area contributed by atoms with Gasteiger partial charge in [-0.1, -0.05) is 19.8 Å². The van der Waals surface area contributed by atoms with Gasteiger partial charge in [-0.15, -0.1) is 0 Å². The maximum absolute atomic E-state index is 11.5. The minimum Gasteiger partial charge on any atom is -0.399 e. The second-order valence-corrected chi connectivity index (χ2v) is 4.83. The SMILES string of the molecule is CCCCCC(=O)N/N=C/c1c[nH]nc1-c1ccc([N+](=O)[O-])o1. The van der Waals surface area contributed by atoms with E-state index in [1.54, 1.807) is 6.20 Å². The maximum atomic E-state index is 11.5. The quantitative estimate of drug-likeness (QED) is 0.334. The first kappa shape index (κ1) is 16.4. The number of hydrazone groups is 1. The van der Waals surface area contributed by atoms with Crippen LogP contribution in [0, 0.1) is 10.1 Å². The first-order valence-corrected chi connectivity index (χ1v) is 7.22. The molecule has 2 rings (SSSR count). The summed E-state index contributed by atoms with van der Waals surface area (Å²) < 4.78 is 5.09. The van der Waals surface area contributed by atoms with Crippen LogP contribution in [0.15, 0.2) is 27.8 Å². The van der Waals surface area contributed by atoms with E-state index in [0.29, 0.717) is 17.7 Å². The Morgan fingerprint density at radius 3 is 3.04 bits per heavy atom. The van der Waals surface area contributed by atoms with Gasteiger partial charge < -0.3 is 4.42 Å². The largest absolute Gasteiger partial charge is 0.433 e. The van der Waals surface area contributed by atoms with Gasteiger partial charge >= 0.3 is 5.88 Å². The van der Waals surface area contributed by atoms with Crippen LogP contribution in [0.4, 0.5) is 5.88 Å². The molecule has 122 valence electrons. The molecule has 0 aromatic carbocycles. The highest BCUT2D eigenvalue weighted by atomic mass is 16.6. The van der Waals surface area contributed by atoms with Crippen LogP contribution in [0.3, 0.4) is 0 Å². The fourth-order valence-electron chi connectivity index (χ4n) is 1.91. The molecule has 0 radical (unpaired) electrons. The van der Waals surface area contributed by atoms with Gasteiger partial charge in [-0.25, -0.2) is 5.43 Å². The fourth-order valence-corrected chi connectivity index (χ4v) is 1.91. The van der Waals surface area contributed by atoms with Gasteiger partial charge in [0.2, 0.25) is 5.91 Å². The van der Waals surface area contributed by atoms with Gasteiger partial charge in [-0.2, -0.15) is 10.2 Å². The third kappa shape index (κ3) is 4.50. The Morgan fingerprint density at radius 2 is 2.35 bits per heavy atom. The number of unbranched alkanes of at least 4 members (excludes halogenated alkanes) is 2. The smallest absolute Gasteiger partial charge is 0.399 e. The molecule has 9 nitrogen and oxygen atoms in total. The molecule has 0 atom stereocenters. The number of hydrogen-bond donors (Lipinski definition) is 2. The summed E-state index contributed by atoms with van der Waals surface area (Å²) in [6, 6.07) is 2.70.